The summed E-state index contributed by atoms with van der Waals surface area (Å²) >= 11 is 3.64. The molecule has 2 heterocycles. The van der Waals surface area contributed by atoms with Crippen LogP contribution < -0.4 is 5.32 Å². The lowest BCUT2D eigenvalue weighted by atomic mass is 9.93. The maximum Gasteiger partial charge on any atom is 0.0944 e. The first kappa shape index (κ1) is 15.7. The molecule has 20 heavy (non-hydrogen) atoms. The number of hydrogen-bond donors (Lipinski definition) is 1. The van der Waals surface area contributed by atoms with Crippen molar-refractivity contribution >= 4 is 22.7 Å². The predicted octanol–water partition coefficient (Wildman–Crippen LogP) is 4.27. The summed E-state index contributed by atoms with van der Waals surface area (Å²) < 4.78 is 0. The second-order valence-electron chi connectivity index (χ2n) is 6.12. The van der Waals surface area contributed by atoms with Crippen molar-refractivity contribution in [2.45, 2.75) is 52.0 Å². The van der Waals surface area contributed by atoms with E-state index >= 15 is 0 Å². The molecule has 0 saturated carbocycles. The molecule has 0 amide bonds. The van der Waals surface area contributed by atoms with Gasteiger partial charge in [0.25, 0.3) is 0 Å². The van der Waals surface area contributed by atoms with E-state index in [1.165, 1.54) is 15.6 Å². The first-order valence-electron chi connectivity index (χ1n) is 7.19. The molecule has 0 bridgehead atoms. The SMILES string of the molecule is CCNC(Cc1cccs1)Cc1nc(C(C)(C)C)cs1. The molecule has 0 spiro atoms. The molecule has 0 radical (unpaired) electrons. The highest BCUT2D eigenvalue weighted by atomic mass is 32.1. The molecule has 0 aliphatic heterocycles. The lowest BCUT2D eigenvalue weighted by Gasteiger charge is -2.16. The summed E-state index contributed by atoms with van der Waals surface area (Å²) in [5.74, 6) is 0. The normalized spacial score (nSPS) is 13.6. The number of thiophene rings is 1. The van der Waals surface area contributed by atoms with Gasteiger partial charge in [0.15, 0.2) is 0 Å². The largest absolute Gasteiger partial charge is 0.313 e. The van der Waals surface area contributed by atoms with Gasteiger partial charge in [-0.3, -0.25) is 0 Å². The van der Waals surface area contributed by atoms with E-state index in [4.69, 9.17) is 4.98 Å². The average molecular weight is 309 g/mol. The molecule has 2 nitrogen and oxygen atoms in total. The number of nitrogens with zero attached hydrogens (tertiary/aromatic N) is 1. The first-order valence-corrected chi connectivity index (χ1v) is 8.95. The van der Waals surface area contributed by atoms with Crippen LogP contribution in [0.1, 0.15) is 43.3 Å². The Morgan fingerprint density at radius 2 is 2.05 bits per heavy atom. The molecule has 0 fully saturated rings. The topological polar surface area (TPSA) is 24.9 Å². The van der Waals surface area contributed by atoms with Crippen molar-refractivity contribution in [3.05, 3.63) is 38.5 Å². The van der Waals surface area contributed by atoms with Crippen molar-refractivity contribution in [1.29, 1.82) is 0 Å². The van der Waals surface area contributed by atoms with Crippen LogP contribution in [0, 0.1) is 0 Å². The Hall–Kier alpha value is -0.710. The van der Waals surface area contributed by atoms with E-state index in [0.29, 0.717) is 6.04 Å². The Morgan fingerprint density at radius 3 is 2.60 bits per heavy atom. The van der Waals surface area contributed by atoms with E-state index in [2.05, 4.69) is 55.9 Å². The first-order chi connectivity index (χ1) is 9.49. The van der Waals surface area contributed by atoms with Gasteiger partial charge in [-0.15, -0.1) is 22.7 Å². The number of thiazole rings is 1. The van der Waals surface area contributed by atoms with Gasteiger partial charge in [0.05, 0.1) is 10.7 Å². The molecule has 4 heteroatoms. The van der Waals surface area contributed by atoms with Crippen molar-refractivity contribution in [1.82, 2.24) is 10.3 Å². The fourth-order valence-electron chi connectivity index (χ4n) is 2.14. The van der Waals surface area contributed by atoms with Gasteiger partial charge in [0.1, 0.15) is 0 Å². The smallest absolute Gasteiger partial charge is 0.0944 e. The Labute approximate surface area is 130 Å². The molecule has 2 aromatic rings. The lowest BCUT2D eigenvalue weighted by Crippen LogP contribution is -2.32. The van der Waals surface area contributed by atoms with Crippen LogP contribution in [-0.2, 0) is 18.3 Å². The number of hydrogen-bond acceptors (Lipinski definition) is 4. The van der Waals surface area contributed by atoms with Gasteiger partial charge in [-0.1, -0.05) is 33.8 Å². The predicted molar refractivity (Wildman–Crippen MR) is 90.0 cm³/mol. The quantitative estimate of drug-likeness (QED) is 0.862. The third-order valence-corrected chi connectivity index (χ3v) is 5.03. The number of nitrogens with one attached hydrogen (secondary N) is 1. The summed E-state index contributed by atoms with van der Waals surface area (Å²) in [5.41, 5.74) is 1.36. The van der Waals surface area contributed by atoms with Crippen molar-refractivity contribution in [2.75, 3.05) is 6.54 Å². The molecule has 0 aliphatic rings. The molecular formula is C16H24N2S2. The molecule has 1 N–H and O–H groups in total. The molecule has 110 valence electrons. The molecule has 2 aromatic heterocycles. The summed E-state index contributed by atoms with van der Waals surface area (Å²) in [6.07, 6.45) is 2.11. The minimum atomic E-state index is 0.149. The van der Waals surface area contributed by atoms with E-state index in [0.717, 1.165) is 19.4 Å². The van der Waals surface area contributed by atoms with Gasteiger partial charge in [-0.25, -0.2) is 4.98 Å². The van der Waals surface area contributed by atoms with Crippen molar-refractivity contribution < 1.29 is 0 Å². The van der Waals surface area contributed by atoms with E-state index in [9.17, 15) is 0 Å². The minimum absolute atomic E-state index is 0.149. The second-order valence-corrected chi connectivity index (χ2v) is 8.09. The Balaban J connectivity index is 2.02. The zero-order chi connectivity index (χ0) is 14.6. The van der Waals surface area contributed by atoms with E-state index in [1.54, 1.807) is 11.3 Å². The van der Waals surface area contributed by atoms with Crippen LogP contribution in [0.3, 0.4) is 0 Å². The lowest BCUT2D eigenvalue weighted by molar-refractivity contribution is 0.519. The maximum atomic E-state index is 4.81. The zero-order valence-corrected chi connectivity index (χ0v) is 14.4. The van der Waals surface area contributed by atoms with Crippen LogP contribution in [0.4, 0.5) is 0 Å². The molecule has 0 aromatic carbocycles. The van der Waals surface area contributed by atoms with Crippen LogP contribution in [-0.4, -0.2) is 17.6 Å². The van der Waals surface area contributed by atoms with E-state index in [1.807, 2.05) is 11.3 Å². The van der Waals surface area contributed by atoms with Crippen molar-refractivity contribution in [3.63, 3.8) is 0 Å². The average Bonchev–Trinajstić information content (AvgIpc) is 2.99. The molecule has 0 aliphatic carbocycles. The molecular weight excluding hydrogens is 284 g/mol. The highest BCUT2D eigenvalue weighted by Crippen LogP contribution is 2.25. The molecule has 1 unspecified atom stereocenters. The highest BCUT2D eigenvalue weighted by Gasteiger charge is 2.19. The zero-order valence-electron chi connectivity index (χ0n) is 12.8. The van der Waals surface area contributed by atoms with Crippen LogP contribution in [0.15, 0.2) is 22.9 Å². The Bertz CT molecular complexity index is 509. The molecule has 2 rings (SSSR count). The van der Waals surface area contributed by atoms with E-state index in [-0.39, 0.29) is 5.41 Å². The summed E-state index contributed by atoms with van der Waals surface area (Å²) in [5, 5.41) is 9.20. The second kappa shape index (κ2) is 6.83. The standard InChI is InChI=1S/C16H24N2S2/c1-5-17-12(9-13-7-6-8-19-13)10-15-18-14(11-20-15)16(2,3)4/h6-8,11-12,17H,5,9-10H2,1-4H3. The number of likely N-dealkylation sites (N-methyl/N-ethyl adjacent to an activating group) is 1. The fourth-order valence-corrected chi connectivity index (χ4v) is 4.03. The number of aromatic nitrogens is 1. The van der Waals surface area contributed by atoms with Gasteiger partial charge in [0, 0.05) is 28.1 Å². The highest BCUT2D eigenvalue weighted by molar-refractivity contribution is 7.10. The van der Waals surface area contributed by atoms with Crippen LogP contribution in [0.5, 0.6) is 0 Å². The van der Waals surface area contributed by atoms with Gasteiger partial charge in [-0.2, -0.15) is 0 Å². The van der Waals surface area contributed by atoms with E-state index < -0.39 is 0 Å². The molecule has 1 atom stereocenters. The van der Waals surface area contributed by atoms with Crippen molar-refractivity contribution in [3.8, 4) is 0 Å². The number of rotatable bonds is 6. The fraction of sp³-hybridized carbons (Fsp3) is 0.562. The molecule has 0 saturated heterocycles. The van der Waals surface area contributed by atoms with Crippen LogP contribution >= 0.6 is 22.7 Å². The summed E-state index contributed by atoms with van der Waals surface area (Å²) in [6, 6.07) is 4.83. The summed E-state index contributed by atoms with van der Waals surface area (Å²) in [7, 11) is 0. The summed E-state index contributed by atoms with van der Waals surface area (Å²) in [6.45, 7) is 9.84. The monoisotopic (exact) mass is 308 g/mol. The Kier molecular flexibility index (Phi) is 5.35. The maximum absolute atomic E-state index is 4.81. The van der Waals surface area contributed by atoms with Crippen LogP contribution in [0.25, 0.3) is 0 Å². The third kappa shape index (κ3) is 4.40. The van der Waals surface area contributed by atoms with Crippen molar-refractivity contribution in [2.24, 2.45) is 0 Å². The van der Waals surface area contributed by atoms with Crippen LogP contribution in [0.2, 0.25) is 0 Å². The van der Waals surface area contributed by atoms with Gasteiger partial charge >= 0.3 is 0 Å². The Morgan fingerprint density at radius 1 is 1.25 bits per heavy atom. The third-order valence-electron chi connectivity index (χ3n) is 3.26. The van der Waals surface area contributed by atoms with Gasteiger partial charge < -0.3 is 5.32 Å². The van der Waals surface area contributed by atoms with Gasteiger partial charge in [0.2, 0.25) is 0 Å². The minimum Gasteiger partial charge on any atom is -0.313 e. The summed E-state index contributed by atoms with van der Waals surface area (Å²) in [4.78, 5) is 6.26. The van der Waals surface area contributed by atoms with Gasteiger partial charge in [-0.05, 0) is 24.4 Å².